The van der Waals surface area contributed by atoms with Crippen LogP contribution in [-0.4, -0.2) is 16.5 Å². The molecule has 64 valence electrons. The van der Waals surface area contributed by atoms with Gasteiger partial charge in [-0.2, -0.15) is 0 Å². The zero-order chi connectivity index (χ0) is 8.72. The number of aliphatic imine (C=N–C) groups is 1. The van der Waals surface area contributed by atoms with Gasteiger partial charge in [0.2, 0.25) is 0 Å². The highest BCUT2D eigenvalue weighted by Gasteiger charge is 2.30. The van der Waals surface area contributed by atoms with Gasteiger partial charge in [0.1, 0.15) is 0 Å². The summed E-state index contributed by atoms with van der Waals surface area (Å²) in [7, 11) is 0. The van der Waals surface area contributed by atoms with Crippen molar-refractivity contribution in [3.63, 3.8) is 0 Å². The molecule has 2 atom stereocenters. The van der Waals surface area contributed by atoms with Gasteiger partial charge in [-0.15, -0.1) is 0 Å². The molecule has 0 bridgehead atoms. The first-order valence-electron chi connectivity index (χ1n) is 4.04. The van der Waals surface area contributed by atoms with Gasteiger partial charge in [-0.05, 0) is 19.4 Å². The van der Waals surface area contributed by atoms with Crippen LogP contribution in [0.5, 0.6) is 0 Å². The molecule has 1 heterocycles. The Morgan fingerprint density at radius 2 is 2.25 bits per heavy atom. The minimum Gasteiger partial charge on any atom is -0.379 e. The van der Waals surface area contributed by atoms with Crippen molar-refractivity contribution in [2.24, 2.45) is 10.7 Å². The molecule has 2 N–H and O–H groups in total. The standard InChI is InChI=1S/C9H12N2S/c1-5-3-4-7-8(6(5)2)11-9(10)12-7/h3-4,7-8H,1-2H3,(H2,10,11)/t7-,8+/m1/s1. The van der Waals surface area contributed by atoms with Crippen molar-refractivity contribution < 1.29 is 0 Å². The van der Waals surface area contributed by atoms with Crippen LogP contribution >= 0.6 is 11.8 Å². The average molecular weight is 180 g/mol. The van der Waals surface area contributed by atoms with E-state index in [9.17, 15) is 0 Å². The maximum atomic E-state index is 5.66. The second-order valence-electron chi connectivity index (χ2n) is 3.22. The van der Waals surface area contributed by atoms with Crippen molar-refractivity contribution in [2.45, 2.75) is 25.1 Å². The smallest absolute Gasteiger partial charge is 0.155 e. The van der Waals surface area contributed by atoms with Crippen LogP contribution in [-0.2, 0) is 0 Å². The van der Waals surface area contributed by atoms with Gasteiger partial charge in [-0.3, -0.25) is 4.99 Å². The number of amidine groups is 1. The molecule has 0 saturated carbocycles. The molecule has 0 fully saturated rings. The molecule has 0 aromatic heterocycles. The molecule has 0 saturated heterocycles. The molecule has 1 aliphatic heterocycles. The fraction of sp³-hybridized carbons (Fsp3) is 0.444. The van der Waals surface area contributed by atoms with Gasteiger partial charge in [0.25, 0.3) is 0 Å². The number of nitrogens with zero attached hydrogens (tertiary/aromatic N) is 1. The summed E-state index contributed by atoms with van der Waals surface area (Å²) >= 11 is 1.66. The Labute approximate surface area is 76.6 Å². The van der Waals surface area contributed by atoms with E-state index < -0.39 is 0 Å². The third-order valence-electron chi connectivity index (χ3n) is 2.44. The number of hydrogen-bond acceptors (Lipinski definition) is 3. The monoisotopic (exact) mass is 180 g/mol. The van der Waals surface area contributed by atoms with Gasteiger partial charge in [0.15, 0.2) is 5.17 Å². The van der Waals surface area contributed by atoms with E-state index in [4.69, 9.17) is 5.73 Å². The normalized spacial score (nSPS) is 33.7. The number of fused-ring (bicyclic) bond motifs is 1. The Morgan fingerprint density at radius 3 is 3.00 bits per heavy atom. The van der Waals surface area contributed by atoms with E-state index in [1.807, 2.05) is 0 Å². The molecule has 2 nitrogen and oxygen atoms in total. The van der Waals surface area contributed by atoms with Crippen LogP contribution in [0.1, 0.15) is 13.8 Å². The first-order valence-corrected chi connectivity index (χ1v) is 4.92. The number of nitrogens with two attached hydrogens (primary N) is 1. The van der Waals surface area contributed by atoms with Crippen LogP contribution in [0, 0.1) is 0 Å². The predicted molar refractivity (Wildman–Crippen MR) is 54.3 cm³/mol. The van der Waals surface area contributed by atoms with Gasteiger partial charge >= 0.3 is 0 Å². The first-order chi connectivity index (χ1) is 5.68. The van der Waals surface area contributed by atoms with Crippen molar-refractivity contribution >= 4 is 16.9 Å². The van der Waals surface area contributed by atoms with Crippen molar-refractivity contribution in [3.05, 3.63) is 23.3 Å². The lowest BCUT2D eigenvalue weighted by molar-refractivity contribution is 0.794. The average Bonchev–Trinajstić information content (AvgIpc) is 2.39. The topological polar surface area (TPSA) is 38.4 Å². The van der Waals surface area contributed by atoms with Gasteiger partial charge in [0, 0.05) is 0 Å². The van der Waals surface area contributed by atoms with Crippen LogP contribution in [0.4, 0.5) is 0 Å². The van der Waals surface area contributed by atoms with E-state index in [1.54, 1.807) is 11.8 Å². The van der Waals surface area contributed by atoms with E-state index in [0.29, 0.717) is 11.3 Å². The quantitative estimate of drug-likeness (QED) is 0.616. The summed E-state index contributed by atoms with van der Waals surface area (Å²) < 4.78 is 0. The molecular formula is C9H12N2S. The van der Waals surface area contributed by atoms with Gasteiger partial charge in [0.05, 0.1) is 11.3 Å². The Balaban J connectivity index is 2.36. The molecule has 2 rings (SSSR count). The molecule has 0 amide bonds. The molecule has 0 spiro atoms. The first kappa shape index (κ1) is 7.92. The van der Waals surface area contributed by atoms with Crippen LogP contribution in [0.25, 0.3) is 0 Å². The van der Waals surface area contributed by atoms with Gasteiger partial charge in [-0.1, -0.05) is 29.5 Å². The number of rotatable bonds is 0. The van der Waals surface area contributed by atoms with Crippen molar-refractivity contribution in [1.82, 2.24) is 0 Å². The second kappa shape index (κ2) is 2.66. The number of hydrogen-bond donors (Lipinski definition) is 1. The van der Waals surface area contributed by atoms with Crippen molar-refractivity contribution in [2.75, 3.05) is 0 Å². The molecule has 0 radical (unpaired) electrons. The van der Waals surface area contributed by atoms with Crippen LogP contribution in [0.3, 0.4) is 0 Å². The lowest BCUT2D eigenvalue weighted by Gasteiger charge is -2.19. The maximum Gasteiger partial charge on any atom is 0.155 e. The van der Waals surface area contributed by atoms with Crippen LogP contribution < -0.4 is 5.73 Å². The molecule has 0 unspecified atom stereocenters. The Morgan fingerprint density at radius 1 is 1.50 bits per heavy atom. The Kier molecular flexibility index (Phi) is 1.76. The highest BCUT2D eigenvalue weighted by Crippen LogP contribution is 2.34. The van der Waals surface area contributed by atoms with Crippen molar-refractivity contribution in [1.29, 1.82) is 0 Å². The molecule has 0 aromatic rings. The zero-order valence-corrected chi connectivity index (χ0v) is 8.06. The fourth-order valence-electron chi connectivity index (χ4n) is 1.54. The predicted octanol–water partition coefficient (Wildman–Crippen LogP) is 1.69. The highest BCUT2D eigenvalue weighted by molar-refractivity contribution is 8.14. The third kappa shape index (κ3) is 1.08. The molecule has 1 aliphatic carbocycles. The summed E-state index contributed by atoms with van der Waals surface area (Å²) in [6.07, 6.45) is 4.36. The number of allylic oxidation sites excluding steroid dienone is 2. The summed E-state index contributed by atoms with van der Waals surface area (Å²) in [5.74, 6) is 0. The molecule has 2 aliphatic rings. The summed E-state index contributed by atoms with van der Waals surface area (Å²) in [5, 5.41) is 1.18. The van der Waals surface area contributed by atoms with E-state index in [0.717, 1.165) is 5.17 Å². The van der Waals surface area contributed by atoms with Gasteiger partial charge < -0.3 is 5.73 Å². The number of thioether (sulfide) groups is 1. The molecule has 3 heteroatoms. The van der Waals surface area contributed by atoms with Gasteiger partial charge in [-0.25, -0.2) is 0 Å². The zero-order valence-electron chi connectivity index (χ0n) is 7.24. The molecule has 12 heavy (non-hydrogen) atoms. The Hall–Kier alpha value is -0.700. The summed E-state index contributed by atoms with van der Waals surface area (Å²) in [6, 6.07) is 0.306. The maximum absolute atomic E-state index is 5.66. The minimum absolute atomic E-state index is 0.306. The van der Waals surface area contributed by atoms with E-state index in [2.05, 4.69) is 31.0 Å². The fourth-order valence-corrected chi connectivity index (χ4v) is 2.54. The summed E-state index contributed by atoms with van der Waals surface area (Å²) in [5.41, 5.74) is 8.34. The van der Waals surface area contributed by atoms with E-state index in [1.165, 1.54) is 11.1 Å². The highest BCUT2D eigenvalue weighted by atomic mass is 32.2. The van der Waals surface area contributed by atoms with Crippen LogP contribution in [0.2, 0.25) is 0 Å². The SMILES string of the molecule is CC1=C(C)[C@@H]2N=C(N)S[C@@H]2C=C1. The summed E-state index contributed by atoms with van der Waals surface area (Å²) in [6.45, 7) is 4.26. The minimum atomic E-state index is 0.306. The lowest BCUT2D eigenvalue weighted by atomic mass is 9.95. The van der Waals surface area contributed by atoms with E-state index in [-0.39, 0.29) is 0 Å². The largest absolute Gasteiger partial charge is 0.379 e. The third-order valence-corrected chi connectivity index (χ3v) is 3.47. The van der Waals surface area contributed by atoms with Crippen LogP contribution in [0.15, 0.2) is 28.3 Å². The lowest BCUT2D eigenvalue weighted by Crippen LogP contribution is -2.20. The molecule has 0 aromatic carbocycles. The Bertz CT molecular complexity index is 302. The molecular weight excluding hydrogens is 168 g/mol. The second-order valence-corrected chi connectivity index (χ2v) is 4.42. The van der Waals surface area contributed by atoms with Crippen molar-refractivity contribution in [3.8, 4) is 0 Å². The summed E-state index contributed by atoms with van der Waals surface area (Å²) in [4.78, 5) is 4.39. The van der Waals surface area contributed by atoms with E-state index >= 15 is 0 Å².